The van der Waals surface area contributed by atoms with E-state index in [1.54, 1.807) is 6.92 Å². The van der Waals surface area contributed by atoms with Crippen molar-refractivity contribution in [1.82, 2.24) is 10.2 Å². The molecule has 0 radical (unpaired) electrons. The van der Waals surface area contributed by atoms with Crippen molar-refractivity contribution in [2.75, 3.05) is 13.1 Å². The highest BCUT2D eigenvalue weighted by Gasteiger charge is 2.33. The summed E-state index contributed by atoms with van der Waals surface area (Å²) < 4.78 is 0. The van der Waals surface area contributed by atoms with Crippen molar-refractivity contribution in [2.24, 2.45) is 17.6 Å². The van der Waals surface area contributed by atoms with E-state index in [-0.39, 0.29) is 36.8 Å². The zero-order valence-electron chi connectivity index (χ0n) is 14.1. The second kappa shape index (κ2) is 10.1. The topological polar surface area (TPSA) is 58.4 Å². The lowest BCUT2D eigenvalue weighted by atomic mass is 9.85. The Hall–Kier alpha value is -0.810. The van der Waals surface area contributed by atoms with Gasteiger partial charge in [-0.15, -0.1) is 24.8 Å². The smallest absolute Gasteiger partial charge is 0.236 e. The molecule has 0 aliphatic carbocycles. The van der Waals surface area contributed by atoms with Gasteiger partial charge >= 0.3 is 0 Å². The van der Waals surface area contributed by atoms with Gasteiger partial charge in [0.1, 0.15) is 0 Å². The van der Waals surface area contributed by atoms with Crippen LogP contribution in [0.2, 0.25) is 0 Å². The number of nitrogens with zero attached hydrogens (tertiary/aromatic N) is 1. The number of rotatable bonds is 4. The van der Waals surface area contributed by atoms with E-state index < -0.39 is 6.04 Å². The second-order valence-corrected chi connectivity index (χ2v) is 6.46. The summed E-state index contributed by atoms with van der Waals surface area (Å²) in [5, 5.41) is 3.11. The van der Waals surface area contributed by atoms with E-state index in [1.165, 1.54) is 5.56 Å². The molecule has 0 aromatic heterocycles. The lowest BCUT2D eigenvalue weighted by molar-refractivity contribution is -0.124. The third-order valence-electron chi connectivity index (χ3n) is 4.29. The maximum absolute atomic E-state index is 11.8. The van der Waals surface area contributed by atoms with Crippen LogP contribution >= 0.6 is 24.8 Å². The molecule has 3 N–H and O–H groups in total. The molecule has 1 aliphatic rings. The molecule has 1 aromatic carbocycles. The SMILES string of the molecule is CC(N)C(=O)NC1C(C)CN(Cc2ccccc2)CC1C.Cl.Cl. The zero-order chi connectivity index (χ0) is 15.4. The first kappa shape index (κ1) is 22.2. The highest BCUT2D eigenvalue weighted by molar-refractivity contribution is 5.85. The molecule has 23 heavy (non-hydrogen) atoms. The Bertz CT molecular complexity index is 458. The first-order valence-corrected chi connectivity index (χ1v) is 7.79. The van der Waals surface area contributed by atoms with Crippen LogP contribution in [0.3, 0.4) is 0 Å². The fraction of sp³-hybridized carbons (Fsp3) is 0.588. The predicted octanol–water partition coefficient (Wildman–Crippen LogP) is 2.45. The van der Waals surface area contributed by atoms with E-state index in [1.807, 2.05) is 6.07 Å². The molecule has 3 atom stereocenters. The predicted molar refractivity (Wildman–Crippen MR) is 100 cm³/mol. The van der Waals surface area contributed by atoms with E-state index in [4.69, 9.17) is 5.73 Å². The summed E-state index contributed by atoms with van der Waals surface area (Å²) in [6.45, 7) is 9.13. The Kier molecular flexibility index (Phi) is 9.78. The Morgan fingerprint density at radius 2 is 1.74 bits per heavy atom. The van der Waals surface area contributed by atoms with Gasteiger partial charge in [-0.05, 0) is 24.3 Å². The number of benzene rings is 1. The molecule has 3 unspecified atom stereocenters. The molecular weight excluding hydrogens is 333 g/mol. The van der Waals surface area contributed by atoms with E-state index in [0.29, 0.717) is 11.8 Å². The van der Waals surface area contributed by atoms with Crippen LogP contribution in [0.25, 0.3) is 0 Å². The Balaban J connectivity index is 0.00000242. The Morgan fingerprint density at radius 3 is 2.22 bits per heavy atom. The fourth-order valence-electron chi connectivity index (χ4n) is 3.23. The third-order valence-corrected chi connectivity index (χ3v) is 4.29. The average Bonchev–Trinajstić information content (AvgIpc) is 2.43. The van der Waals surface area contributed by atoms with Crippen LogP contribution in [0, 0.1) is 11.8 Å². The molecule has 4 nitrogen and oxygen atoms in total. The van der Waals surface area contributed by atoms with Crippen molar-refractivity contribution < 1.29 is 4.79 Å². The van der Waals surface area contributed by atoms with Gasteiger partial charge in [-0.1, -0.05) is 44.2 Å². The van der Waals surface area contributed by atoms with Crippen LogP contribution < -0.4 is 11.1 Å². The van der Waals surface area contributed by atoms with Gasteiger partial charge in [0.2, 0.25) is 5.91 Å². The average molecular weight is 362 g/mol. The first-order valence-electron chi connectivity index (χ1n) is 7.79. The number of nitrogens with two attached hydrogens (primary N) is 1. The highest BCUT2D eigenvalue weighted by Crippen LogP contribution is 2.23. The summed E-state index contributed by atoms with van der Waals surface area (Å²) in [7, 11) is 0. The summed E-state index contributed by atoms with van der Waals surface area (Å²) in [6.07, 6.45) is 0. The number of hydrogen-bond donors (Lipinski definition) is 2. The van der Waals surface area contributed by atoms with Crippen molar-refractivity contribution in [3.8, 4) is 0 Å². The molecule has 6 heteroatoms. The molecule has 1 saturated heterocycles. The highest BCUT2D eigenvalue weighted by atomic mass is 35.5. The normalized spacial score (nSPS) is 25.7. The van der Waals surface area contributed by atoms with Crippen molar-refractivity contribution in [3.63, 3.8) is 0 Å². The van der Waals surface area contributed by atoms with Gasteiger partial charge in [-0.25, -0.2) is 0 Å². The summed E-state index contributed by atoms with van der Waals surface area (Å²) in [5.41, 5.74) is 6.99. The summed E-state index contributed by atoms with van der Waals surface area (Å²) in [5.74, 6) is 0.815. The van der Waals surface area contributed by atoms with Crippen LogP contribution in [-0.4, -0.2) is 36.0 Å². The van der Waals surface area contributed by atoms with E-state index in [0.717, 1.165) is 19.6 Å². The minimum atomic E-state index is -0.438. The van der Waals surface area contributed by atoms with E-state index >= 15 is 0 Å². The number of likely N-dealkylation sites (tertiary alicyclic amines) is 1. The summed E-state index contributed by atoms with van der Waals surface area (Å²) >= 11 is 0. The largest absolute Gasteiger partial charge is 0.351 e. The number of halogens is 2. The first-order chi connectivity index (χ1) is 9.97. The lowest BCUT2D eigenvalue weighted by Gasteiger charge is -2.42. The van der Waals surface area contributed by atoms with Gasteiger partial charge in [0, 0.05) is 25.7 Å². The number of piperidine rings is 1. The van der Waals surface area contributed by atoms with Crippen LogP contribution in [0.1, 0.15) is 26.3 Å². The molecule has 1 amide bonds. The van der Waals surface area contributed by atoms with E-state index in [2.05, 4.69) is 48.3 Å². The maximum atomic E-state index is 11.8. The Morgan fingerprint density at radius 1 is 1.22 bits per heavy atom. The van der Waals surface area contributed by atoms with Gasteiger partial charge in [0.25, 0.3) is 0 Å². The summed E-state index contributed by atoms with van der Waals surface area (Å²) in [6, 6.07) is 10.3. The van der Waals surface area contributed by atoms with Crippen molar-refractivity contribution in [3.05, 3.63) is 35.9 Å². The Labute approximate surface area is 152 Å². The second-order valence-electron chi connectivity index (χ2n) is 6.46. The van der Waals surface area contributed by atoms with Crippen molar-refractivity contribution >= 4 is 30.7 Å². The monoisotopic (exact) mass is 361 g/mol. The van der Waals surface area contributed by atoms with Crippen LogP contribution in [0.4, 0.5) is 0 Å². The number of amides is 1. The van der Waals surface area contributed by atoms with Crippen molar-refractivity contribution in [1.29, 1.82) is 0 Å². The molecule has 0 saturated carbocycles. The van der Waals surface area contributed by atoms with Crippen molar-refractivity contribution in [2.45, 2.75) is 39.4 Å². The minimum Gasteiger partial charge on any atom is -0.351 e. The lowest BCUT2D eigenvalue weighted by Crippen LogP contribution is -2.56. The molecule has 1 aromatic rings. The van der Waals surface area contributed by atoms with Gasteiger partial charge in [0.15, 0.2) is 0 Å². The zero-order valence-corrected chi connectivity index (χ0v) is 15.7. The summed E-state index contributed by atoms with van der Waals surface area (Å²) in [4.78, 5) is 14.3. The molecular formula is C17H29Cl2N3O. The van der Waals surface area contributed by atoms with Crippen LogP contribution in [0.15, 0.2) is 30.3 Å². The fourth-order valence-corrected chi connectivity index (χ4v) is 3.23. The molecule has 132 valence electrons. The molecule has 0 bridgehead atoms. The van der Waals surface area contributed by atoms with Gasteiger partial charge in [-0.3, -0.25) is 9.69 Å². The molecule has 1 aliphatic heterocycles. The molecule has 1 fully saturated rings. The van der Waals surface area contributed by atoms with Crippen LogP contribution in [0.5, 0.6) is 0 Å². The number of carbonyl (C=O) groups is 1. The quantitative estimate of drug-likeness (QED) is 0.865. The molecule has 0 spiro atoms. The molecule has 1 heterocycles. The third kappa shape index (κ3) is 6.30. The number of hydrogen-bond acceptors (Lipinski definition) is 3. The van der Waals surface area contributed by atoms with Gasteiger partial charge < -0.3 is 11.1 Å². The maximum Gasteiger partial charge on any atom is 0.236 e. The van der Waals surface area contributed by atoms with E-state index in [9.17, 15) is 4.79 Å². The number of nitrogens with one attached hydrogen (secondary N) is 1. The van der Waals surface area contributed by atoms with Gasteiger partial charge in [0.05, 0.1) is 6.04 Å². The standard InChI is InChI=1S/C17H27N3O.2ClH/c1-12-9-20(11-15-7-5-4-6-8-15)10-13(2)16(12)19-17(21)14(3)18;;/h4-8,12-14,16H,9-11,18H2,1-3H3,(H,19,21);2*1H. The van der Waals surface area contributed by atoms with Gasteiger partial charge in [-0.2, -0.15) is 0 Å². The number of carbonyl (C=O) groups excluding carboxylic acids is 1. The van der Waals surface area contributed by atoms with Crippen LogP contribution in [-0.2, 0) is 11.3 Å². The minimum absolute atomic E-state index is 0. The molecule has 2 rings (SSSR count).